The summed E-state index contributed by atoms with van der Waals surface area (Å²) < 4.78 is 31.7. The van der Waals surface area contributed by atoms with Crippen LogP contribution in [0.3, 0.4) is 0 Å². The second-order valence-corrected chi connectivity index (χ2v) is 6.81. The molecule has 124 valence electrons. The minimum absolute atomic E-state index is 0.00593. The largest absolute Gasteiger partial charge is 0.461 e. The molecule has 8 heteroatoms. The van der Waals surface area contributed by atoms with E-state index < -0.39 is 16.0 Å². The number of carbonyl (C=O) groups excluding carboxylic acids is 1. The van der Waals surface area contributed by atoms with Gasteiger partial charge in [-0.1, -0.05) is 11.6 Å². The maximum Gasteiger partial charge on any atom is 0.355 e. The number of hydrogen-bond acceptors (Lipinski definition) is 5. The van der Waals surface area contributed by atoms with E-state index in [1.807, 2.05) is 6.92 Å². The van der Waals surface area contributed by atoms with Crippen molar-refractivity contribution in [3.63, 3.8) is 0 Å². The third-order valence-electron chi connectivity index (χ3n) is 3.05. The van der Waals surface area contributed by atoms with E-state index in [-0.39, 0.29) is 22.2 Å². The number of rotatable bonds is 6. The second kappa shape index (κ2) is 7.06. The van der Waals surface area contributed by atoms with Crippen molar-refractivity contribution in [3.05, 3.63) is 47.2 Å². The van der Waals surface area contributed by atoms with Gasteiger partial charge in [0, 0.05) is 17.8 Å². The van der Waals surface area contributed by atoms with Crippen LogP contribution >= 0.6 is 11.6 Å². The van der Waals surface area contributed by atoms with Crippen molar-refractivity contribution in [2.75, 3.05) is 18.5 Å². The Hall–Kier alpha value is -1.99. The molecule has 1 aromatic carbocycles. The molecule has 0 saturated carbocycles. The van der Waals surface area contributed by atoms with Crippen LogP contribution in [0.5, 0.6) is 0 Å². The van der Waals surface area contributed by atoms with Gasteiger partial charge in [0.25, 0.3) is 10.0 Å². The average molecular weight is 357 g/mol. The van der Waals surface area contributed by atoms with Crippen LogP contribution < -0.4 is 5.32 Å². The zero-order valence-electron chi connectivity index (χ0n) is 12.7. The van der Waals surface area contributed by atoms with Crippen molar-refractivity contribution < 1.29 is 17.9 Å². The number of esters is 1. The van der Waals surface area contributed by atoms with Gasteiger partial charge < -0.3 is 10.1 Å². The molecule has 0 unspecified atom stereocenters. The summed E-state index contributed by atoms with van der Waals surface area (Å²) in [5.41, 5.74) is 0.356. The summed E-state index contributed by atoms with van der Waals surface area (Å²) >= 11 is 5.94. The molecule has 0 atom stereocenters. The van der Waals surface area contributed by atoms with Crippen molar-refractivity contribution in [3.8, 4) is 0 Å². The molecule has 2 rings (SSSR count). The van der Waals surface area contributed by atoms with E-state index >= 15 is 0 Å². The van der Waals surface area contributed by atoms with Gasteiger partial charge in [0.05, 0.1) is 12.3 Å². The summed E-state index contributed by atoms with van der Waals surface area (Å²) in [5.74, 6) is -0.701. The first kappa shape index (κ1) is 17.4. The fraction of sp³-hybridized carbons (Fsp3) is 0.267. The van der Waals surface area contributed by atoms with Gasteiger partial charge >= 0.3 is 5.97 Å². The molecule has 0 aliphatic heterocycles. The Labute approximate surface area is 140 Å². The van der Waals surface area contributed by atoms with Crippen LogP contribution in [0.4, 0.5) is 5.69 Å². The van der Waals surface area contributed by atoms with Crippen LogP contribution in [0, 0.1) is 0 Å². The molecule has 0 fully saturated rings. The molecule has 1 heterocycles. The Balaban J connectivity index is 2.58. The van der Waals surface area contributed by atoms with Crippen LogP contribution in [0.2, 0.25) is 5.02 Å². The van der Waals surface area contributed by atoms with Crippen molar-refractivity contribution in [1.29, 1.82) is 0 Å². The summed E-state index contributed by atoms with van der Waals surface area (Å²) in [6.07, 6.45) is 1.30. The first-order valence-electron chi connectivity index (χ1n) is 7.05. The van der Waals surface area contributed by atoms with Gasteiger partial charge in [0.1, 0.15) is 10.6 Å². The number of aromatic nitrogens is 1. The van der Waals surface area contributed by atoms with Crippen LogP contribution in [-0.4, -0.2) is 31.5 Å². The van der Waals surface area contributed by atoms with Gasteiger partial charge in [-0.15, -0.1) is 0 Å². The minimum Gasteiger partial charge on any atom is -0.461 e. The van der Waals surface area contributed by atoms with Gasteiger partial charge in [-0.2, -0.15) is 0 Å². The number of carbonyl (C=O) groups is 1. The third-order valence-corrected chi connectivity index (χ3v) is 5.01. The molecule has 0 radical (unpaired) electrons. The average Bonchev–Trinajstić information content (AvgIpc) is 3.00. The monoisotopic (exact) mass is 356 g/mol. The Bertz CT molecular complexity index is 815. The van der Waals surface area contributed by atoms with Gasteiger partial charge in [-0.05, 0) is 44.2 Å². The second-order valence-electron chi connectivity index (χ2n) is 4.59. The molecule has 1 aromatic heterocycles. The number of benzene rings is 1. The zero-order chi connectivity index (χ0) is 17.0. The van der Waals surface area contributed by atoms with Crippen molar-refractivity contribution in [1.82, 2.24) is 3.97 Å². The molecule has 1 N–H and O–H groups in total. The first-order valence-corrected chi connectivity index (χ1v) is 8.87. The fourth-order valence-electron chi connectivity index (χ4n) is 2.09. The Kier molecular flexibility index (Phi) is 5.33. The number of nitrogens with zero attached hydrogens (tertiary/aromatic N) is 1. The Morgan fingerprint density at radius 2 is 2.04 bits per heavy atom. The van der Waals surface area contributed by atoms with E-state index in [2.05, 4.69) is 5.32 Å². The van der Waals surface area contributed by atoms with Gasteiger partial charge in [-0.3, -0.25) is 0 Å². The number of ether oxygens (including phenoxy) is 1. The van der Waals surface area contributed by atoms with Crippen LogP contribution in [0.25, 0.3) is 0 Å². The molecular weight excluding hydrogens is 340 g/mol. The predicted molar refractivity (Wildman–Crippen MR) is 88.6 cm³/mol. The zero-order valence-corrected chi connectivity index (χ0v) is 14.3. The minimum atomic E-state index is -4.00. The number of anilines is 1. The molecule has 0 amide bonds. The lowest BCUT2D eigenvalue weighted by Crippen LogP contribution is -2.20. The molecule has 23 heavy (non-hydrogen) atoms. The van der Waals surface area contributed by atoms with E-state index in [0.29, 0.717) is 12.2 Å². The lowest BCUT2D eigenvalue weighted by Gasteiger charge is -2.14. The smallest absolute Gasteiger partial charge is 0.355 e. The van der Waals surface area contributed by atoms with E-state index in [1.165, 1.54) is 24.4 Å². The van der Waals surface area contributed by atoms with Crippen LogP contribution in [0.15, 0.2) is 41.4 Å². The SMILES string of the molecule is CCNc1ccc(Cl)cc1S(=O)(=O)n1cccc1C(=O)OCC. The maximum atomic E-state index is 12.9. The van der Waals surface area contributed by atoms with Crippen LogP contribution in [-0.2, 0) is 14.8 Å². The van der Waals surface area contributed by atoms with E-state index in [4.69, 9.17) is 16.3 Å². The normalized spacial score (nSPS) is 11.3. The molecular formula is C15H17ClN2O4S. The highest BCUT2D eigenvalue weighted by Gasteiger charge is 2.26. The first-order chi connectivity index (χ1) is 10.9. The van der Waals surface area contributed by atoms with Crippen molar-refractivity contribution in [2.45, 2.75) is 18.7 Å². The van der Waals surface area contributed by atoms with Gasteiger partial charge in [0.2, 0.25) is 0 Å². The summed E-state index contributed by atoms with van der Waals surface area (Å²) in [7, 11) is -4.00. The summed E-state index contributed by atoms with van der Waals surface area (Å²) in [6, 6.07) is 7.41. The van der Waals surface area contributed by atoms with E-state index in [9.17, 15) is 13.2 Å². The Morgan fingerprint density at radius 1 is 1.30 bits per heavy atom. The molecule has 6 nitrogen and oxygen atoms in total. The Morgan fingerprint density at radius 3 is 2.70 bits per heavy atom. The summed E-state index contributed by atoms with van der Waals surface area (Å²) in [6.45, 7) is 4.20. The standard InChI is InChI=1S/C15H17ClN2O4S/c1-3-17-12-8-7-11(16)10-14(12)23(20,21)18-9-5-6-13(18)15(19)22-4-2/h5-10,17H,3-4H2,1-2H3. The highest BCUT2D eigenvalue weighted by molar-refractivity contribution is 7.90. The van der Waals surface area contributed by atoms with Crippen molar-refractivity contribution >= 4 is 33.3 Å². The number of nitrogens with one attached hydrogen (secondary N) is 1. The summed E-state index contributed by atoms with van der Waals surface area (Å²) in [4.78, 5) is 11.9. The highest BCUT2D eigenvalue weighted by Crippen LogP contribution is 2.28. The third kappa shape index (κ3) is 3.51. The summed E-state index contributed by atoms with van der Waals surface area (Å²) in [5, 5.41) is 3.27. The molecule has 0 saturated heterocycles. The quantitative estimate of drug-likeness (QED) is 0.805. The van der Waals surface area contributed by atoms with Crippen LogP contribution in [0.1, 0.15) is 24.3 Å². The molecule has 0 aliphatic carbocycles. The lowest BCUT2D eigenvalue weighted by atomic mass is 10.3. The maximum absolute atomic E-state index is 12.9. The lowest BCUT2D eigenvalue weighted by molar-refractivity contribution is 0.0518. The van der Waals surface area contributed by atoms with Gasteiger partial charge in [0.15, 0.2) is 0 Å². The molecule has 0 spiro atoms. The van der Waals surface area contributed by atoms with E-state index in [1.54, 1.807) is 19.1 Å². The predicted octanol–water partition coefficient (Wildman–Crippen LogP) is 2.99. The fourth-order valence-corrected chi connectivity index (χ4v) is 3.86. The molecule has 0 bridgehead atoms. The molecule has 2 aromatic rings. The van der Waals surface area contributed by atoms with Gasteiger partial charge in [-0.25, -0.2) is 17.2 Å². The highest BCUT2D eigenvalue weighted by atomic mass is 35.5. The number of halogens is 1. The van der Waals surface area contributed by atoms with E-state index in [0.717, 1.165) is 3.97 Å². The topological polar surface area (TPSA) is 77.4 Å². The molecule has 0 aliphatic rings. The number of hydrogen-bond donors (Lipinski definition) is 1. The van der Waals surface area contributed by atoms with Crippen molar-refractivity contribution in [2.24, 2.45) is 0 Å².